The lowest BCUT2D eigenvalue weighted by Gasteiger charge is -2.30. The Morgan fingerprint density at radius 3 is 1.96 bits per heavy atom. The van der Waals surface area contributed by atoms with Crippen molar-refractivity contribution < 1.29 is 28.3 Å². The fourth-order valence-electron chi connectivity index (χ4n) is 1.98. The van der Waals surface area contributed by atoms with Crippen molar-refractivity contribution in [1.82, 2.24) is 5.32 Å². The Morgan fingerprint density at radius 2 is 1.56 bits per heavy atom. The highest BCUT2D eigenvalue weighted by molar-refractivity contribution is 7.54. The van der Waals surface area contributed by atoms with Crippen LogP contribution < -0.4 is 5.32 Å². The molecule has 2 unspecified atom stereocenters. The Bertz CT molecular complexity index is 639. The maximum Gasteiger partial charge on any atom is 0.410 e. The van der Waals surface area contributed by atoms with E-state index in [1.165, 1.54) is 0 Å². The molecule has 0 aliphatic heterocycles. The molecule has 2 N–H and O–H groups in total. The van der Waals surface area contributed by atoms with E-state index in [4.69, 9.17) is 48.6 Å². The summed E-state index contributed by atoms with van der Waals surface area (Å²) in [5, 5.41) is 11.7. The van der Waals surface area contributed by atoms with Crippen molar-refractivity contribution in [3.63, 3.8) is 0 Å². The van der Waals surface area contributed by atoms with E-state index in [0.717, 1.165) is 0 Å². The lowest BCUT2D eigenvalue weighted by molar-refractivity contribution is 0.0640. The van der Waals surface area contributed by atoms with Crippen LogP contribution in [0.2, 0.25) is 0 Å². The second-order valence-corrected chi connectivity index (χ2v) is 10.4. The van der Waals surface area contributed by atoms with Crippen LogP contribution in [0.5, 0.6) is 0 Å². The number of benzene rings is 1. The molecule has 0 spiro atoms. The van der Waals surface area contributed by atoms with E-state index in [2.05, 4.69) is 0 Å². The molecule has 0 saturated carbocycles. The van der Waals surface area contributed by atoms with Gasteiger partial charge in [0.2, 0.25) is 9.64 Å². The van der Waals surface area contributed by atoms with Crippen LogP contribution in [0.1, 0.15) is 39.1 Å². The van der Waals surface area contributed by atoms with Gasteiger partial charge in [-0.3, -0.25) is 9.88 Å². The third kappa shape index (κ3) is 8.16. The van der Waals surface area contributed by atoms with Gasteiger partial charge in [0.1, 0.15) is 0 Å². The standard InChI is InChI=1S/C16H23Cl3NO6P/c1-10(2)25-27(23,26-11(3)4)13(12-8-6-5-7-9-12)24-15(22)20-14(21)16(17,18)19/h5-11,13-14,21H,1-4H3,(H,20,22). The topological polar surface area (TPSA) is 94.1 Å². The van der Waals surface area contributed by atoms with Gasteiger partial charge in [-0.2, -0.15) is 0 Å². The Hall–Kier alpha value is -0.530. The first-order chi connectivity index (χ1) is 12.3. The third-order valence-corrected chi connectivity index (χ3v) is 5.90. The Kier molecular flexibility index (Phi) is 9.35. The Morgan fingerprint density at radius 1 is 1.07 bits per heavy atom. The minimum atomic E-state index is -3.97. The van der Waals surface area contributed by atoms with Crippen LogP contribution in [-0.4, -0.2) is 33.4 Å². The molecule has 0 saturated heterocycles. The molecule has 154 valence electrons. The number of ether oxygens (including phenoxy) is 1. The van der Waals surface area contributed by atoms with Gasteiger partial charge in [0.15, 0.2) is 6.23 Å². The van der Waals surface area contributed by atoms with Gasteiger partial charge in [-0.05, 0) is 27.7 Å². The number of alkyl carbamates (subject to hydrolysis) is 1. The number of rotatable bonds is 8. The average Bonchev–Trinajstić information content (AvgIpc) is 2.50. The average molecular weight is 463 g/mol. The van der Waals surface area contributed by atoms with Crippen molar-refractivity contribution in [3.05, 3.63) is 35.9 Å². The van der Waals surface area contributed by atoms with Crippen molar-refractivity contribution in [2.75, 3.05) is 0 Å². The smallest absolute Gasteiger partial charge is 0.410 e. The van der Waals surface area contributed by atoms with Crippen molar-refractivity contribution in [3.8, 4) is 0 Å². The highest BCUT2D eigenvalue weighted by atomic mass is 35.6. The molecule has 2 atom stereocenters. The van der Waals surface area contributed by atoms with E-state index in [1.54, 1.807) is 58.0 Å². The first-order valence-electron chi connectivity index (χ1n) is 8.08. The minimum Gasteiger partial charge on any atom is -0.428 e. The van der Waals surface area contributed by atoms with Crippen LogP contribution in [-0.2, 0) is 18.3 Å². The van der Waals surface area contributed by atoms with Crippen molar-refractivity contribution in [2.45, 2.75) is 55.8 Å². The Balaban J connectivity index is 3.19. The predicted octanol–water partition coefficient (Wildman–Crippen LogP) is 5.14. The van der Waals surface area contributed by atoms with Gasteiger partial charge in [0.05, 0.1) is 12.2 Å². The van der Waals surface area contributed by atoms with E-state index >= 15 is 0 Å². The van der Waals surface area contributed by atoms with Crippen molar-refractivity contribution in [2.24, 2.45) is 0 Å². The fraction of sp³-hybridized carbons (Fsp3) is 0.562. The zero-order valence-electron chi connectivity index (χ0n) is 15.3. The molecule has 0 bridgehead atoms. The number of carbonyl (C=O) groups excluding carboxylic acids is 1. The molecule has 11 heteroatoms. The van der Waals surface area contributed by atoms with E-state index < -0.39 is 41.8 Å². The van der Waals surface area contributed by atoms with Gasteiger partial charge in [-0.15, -0.1) is 0 Å². The number of amides is 1. The highest BCUT2D eigenvalue weighted by Crippen LogP contribution is 2.63. The lowest BCUT2D eigenvalue weighted by Crippen LogP contribution is -2.44. The van der Waals surface area contributed by atoms with Gasteiger partial charge < -0.3 is 18.9 Å². The van der Waals surface area contributed by atoms with E-state index in [0.29, 0.717) is 5.56 Å². The summed E-state index contributed by atoms with van der Waals surface area (Å²) in [4.78, 5) is 12.2. The lowest BCUT2D eigenvalue weighted by atomic mass is 10.2. The van der Waals surface area contributed by atoms with Gasteiger partial charge >= 0.3 is 13.7 Å². The molecule has 0 aliphatic rings. The summed E-state index contributed by atoms with van der Waals surface area (Å²) in [6, 6.07) is 8.29. The van der Waals surface area contributed by atoms with Gasteiger partial charge in [0.25, 0.3) is 0 Å². The quantitative estimate of drug-likeness (QED) is 0.315. The Labute approximate surface area is 173 Å². The molecule has 1 aromatic carbocycles. The van der Waals surface area contributed by atoms with Gasteiger partial charge in [0, 0.05) is 5.56 Å². The summed E-state index contributed by atoms with van der Waals surface area (Å²) < 4.78 is 27.6. The minimum absolute atomic E-state index is 0.376. The maximum atomic E-state index is 13.5. The number of alkyl halides is 3. The van der Waals surface area contributed by atoms with Gasteiger partial charge in [-0.1, -0.05) is 65.1 Å². The van der Waals surface area contributed by atoms with Crippen molar-refractivity contribution in [1.29, 1.82) is 0 Å². The zero-order chi connectivity index (χ0) is 20.8. The number of aliphatic hydroxyl groups is 1. The third-order valence-electron chi connectivity index (χ3n) is 2.87. The molecule has 0 radical (unpaired) electrons. The second kappa shape index (κ2) is 10.3. The largest absolute Gasteiger partial charge is 0.428 e. The summed E-state index contributed by atoms with van der Waals surface area (Å²) in [5.41, 5.74) is 0.376. The number of hydrogen-bond acceptors (Lipinski definition) is 6. The molecule has 27 heavy (non-hydrogen) atoms. The molecular formula is C16H23Cl3NO6P. The molecule has 7 nitrogen and oxygen atoms in total. The number of halogens is 3. The van der Waals surface area contributed by atoms with Crippen LogP contribution >= 0.6 is 42.4 Å². The van der Waals surface area contributed by atoms with Crippen LogP contribution in [0.15, 0.2) is 30.3 Å². The molecule has 1 rings (SSSR count). The van der Waals surface area contributed by atoms with E-state index in [9.17, 15) is 14.5 Å². The molecule has 1 aromatic rings. The summed E-state index contributed by atoms with van der Waals surface area (Å²) in [5.74, 6) is -1.40. The molecule has 0 aliphatic carbocycles. The monoisotopic (exact) mass is 461 g/mol. The first kappa shape index (κ1) is 24.5. The van der Waals surface area contributed by atoms with E-state index in [-0.39, 0.29) is 0 Å². The molecule has 0 aromatic heterocycles. The SMILES string of the molecule is CC(C)OP(=O)(OC(C)C)C(OC(=O)NC(O)C(Cl)(Cl)Cl)c1ccccc1. The van der Waals surface area contributed by atoms with E-state index in [1.807, 2.05) is 5.32 Å². The zero-order valence-corrected chi connectivity index (χ0v) is 18.4. The summed E-state index contributed by atoms with van der Waals surface area (Å²) >= 11 is 16.5. The van der Waals surface area contributed by atoms with Gasteiger partial charge in [-0.25, -0.2) is 4.79 Å². The van der Waals surface area contributed by atoms with Crippen LogP contribution in [0, 0.1) is 0 Å². The maximum absolute atomic E-state index is 13.5. The second-order valence-electron chi connectivity index (χ2n) is 6.11. The number of nitrogens with one attached hydrogen (secondary N) is 1. The first-order valence-corrected chi connectivity index (χ1v) is 10.8. The van der Waals surface area contributed by atoms with Crippen LogP contribution in [0.25, 0.3) is 0 Å². The molecule has 0 heterocycles. The number of carbonyl (C=O) groups is 1. The van der Waals surface area contributed by atoms with Crippen LogP contribution in [0.4, 0.5) is 4.79 Å². The number of aliphatic hydroxyl groups excluding tert-OH is 1. The normalized spacial score (nSPS) is 14.9. The molecular weight excluding hydrogens is 440 g/mol. The molecule has 1 amide bonds. The number of hydrogen-bond donors (Lipinski definition) is 2. The van der Waals surface area contributed by atoms with Crippen molar-refractivity contribution >= 4 is 48.5 Å². The predicted molar refractivity (Wildman–Crippen MR) is 105 cm³/mol. The summed E-state index contributed by atoms with van der Waals surface area (Å²) in [6.07, 6.45) is -3.95. The molecule has 0 fully saturated rings. The highest BCUT2D eigenvalue weighted by Gasteiger charge is 2.43. The summed E-state index contributed by atoms with van der Waals surface area (Å²) in [7, 11) is -3.97. The summed E-state index contributed by atoms with van der Waals surface area (Å²) in [6.45, 7) is 6.69. The fourth-order valence-corrected chi connectivity index (χ4v) is 4.36. The van der Waals surface area contributed by atoms with Crippen LogP contribution in [0.3, 0.4) is 0 Å².